The highest BCUT2D eigenvalue weighted by atomic mass is 19.4. The number of hydrogen-bond donors (Lipinski definition) is 1. The first kappa shape index (κ1) is 18.7. The van der Waals surface area contributed by atoms with Crippen LogP contribution in [0.25, 0.3) is 11.1 Å². The van der Waals surface area contributed by atoms with E-state index in [1.165, 1.54) is 0 Å². The molecule has 1 aromatic heterocycles. The molecular formula is C20H18F3N3O. The Labute approximate surface area is 154 Å². The van der Waals surface area contributed by atoms with Crippen molar-refractivity contribution >= 4 is 11.6 Å². The fraction of sp³-hybridized carbons (Fsp3) is 0.200. The Balaban J connectivity index is 1.84. The summed E-state index contributed by atoms with van der Waals surface area (Å²) in [6, 6.07) is 11.5. The van der Waals surface area contributed by atoms with Gasteiger partial charge in [0.1, 0.15) is 0 Å². The maximum Gasteiger partial charge on any atom is 0.416 e. The van der Waals surface area contributed by atoms with Gasteiger partial charge in [-0.3, -0.25) is 9.48 Å². The summed E-state index contributed by atoms with van der Waals surface area (Å²) in [5.41, 5.74) is 1.54. The summed E-state index contributed by atoms with van der Waals surface area (Å²) in [7, 11) is 0. The Morgan fingerprint density at radius 2 is 1.74 bits per heavy atom. The monoisotopic (exact) mass is 373 g/mol. The zero-order valence-corrected chi connectivity index (χ0v) is 14.8. The number of carbonyl (C=O) groups is 1. The Morgan fingerprint density at radius 3 is 2.33 bits per heavy atom. The average Bonchev–Trinajstić information content (AvgIpc) is 3.12. The van der Waals surface area contributed by atoms with Crippen LogP contribution in [0, 0.1) is 0 Å². The van der Waals surface area contributed by atoms with Gasteiger partial charge in [-0.25, -0.2) is 0 Å². The predicted octanol–water partition coefficient (Wildman–Crippen LogP) is 5.40. The van der Waals surface area contributed by atoms with Crippen LogP contribution in [0.2, 0.25) is 0 Å². The predicted molar refractivity (Wildman–Crippen MR) is 97.4 cm³/mol. The molecule has 140 valence electrons. The number of rotatable bonds is 4. The molecule has 0 atom stereocenters. The van der Waals surface area contributed by atoms with Gasteiger partial charge in [-0.15, -0.1) is 0 Å². The number of para-hydroxylation sites is 1. The molecule has 1 N–H and O–H groups in total. The molecule has 0 unspecified atom stereocenters. The summed E-state index contributed by atoms with van der Waals surface area (Å²) in [6.45, 7) is 4.02. The maximum absolute atomic E-state index is 12.7. The van der Waals surface area contributed by atoms with E-state index >= 15 is 0 Å². The van der Waals surface area contributed by atoms with E-state index in [2.05, 4.69) is 10.4 Å². The maximum atomic E-state index is 12.7. The minimum Gasteiger partial charge on any atom is -0.321 e. The molecule has 1 heterocycles. The van der Waals surface area contributed by atoms with Crippen molar-refractivity contribution in [2.24, 2.45) is 0 Å². The van der Waals surface area contributed by atoms with Crippen LogP contribution in [0.3, 0.4) is 0 Å². The topological polar surface area (TPSA) is 46.9 Å². The van der Waals surface area contributed by atoms with E-state index in [1.807, 2.05) is 36.9 Å². The van der Waals surface area contributed by atoms with Crippen molar-refractivity contribution in [2.75, 3.05) is 5.32 Å². The third kappa shape index (κ3) is 4.19. The molecule has 1 amide bonds. The van der Waals surface area contributed by atoms with E-state index in [9.17, 15) is 18.0 Å². The molecule has 3 rings (SSSR count). The van der Waals surface area contributed by atoms with E-state index in [0.717, 1.165) is 35.4 Å². The summed E-state index contributed by atoms with van der Waals surface area (Å²) >= 11 is 0. The average molecular weight is 373 g/mol. The van der Waals surface area contributed by atoms with Gasteiger partial charge in [0, 0.05) is 34.6 Å². The Hall–Kier alpha value is -3.09. The fourth-order valence-corrected chi connectivity index (χ4v) is 2.61. The smallest absolute Gasteiger partial charge is 0.321 e. The van der Waals surface area contributed by atoms with Crippen LogP contribution >= 0.6 is 0 Å². The number of aromatic nitrogens is 2. The highest BCUT2D eigenvalue weighted by molar-refractivity contribution is 6.06. The molecule has 2 aromatic carbocycles. The molecule has 0 saturated carbocycles. The summed E-state index contributed by atoms with van der Waals surface area (Å²) in [4.78, 5) is 12.5. The second-order valence-corrected chi connectivity index (χ2v) is 6.38. The molecule has 27 heavy (non-hydrogen) atoms. The largest absolute Gasteiger partial charge is 0.416 e. The molecule has 0 aliphatic rings. The van der Waals surface area contributed by atoms with Crippen molar-refractivity contribution in [2.45, 2.75) is 26.1 Å². The van der Waals surface area contributed by atoms with Crippen molar-refractivity contribution in [3.05, 3.63) is 72.1 Å². The first-order valence-corrected chi connectivity index (χ1v) is 8.38. The van der Waals surface area contributed by atoms with E-state index in [1.54, 1.807) is 18.3 Å². The normalized spacial score (nSPS) is 11.6. The lowest BCUT2D eigenvalue weighted by atomic mass is 10.1. The summed E-state index contributed by atoms with van der Waals surface area (Å²) in [6.07, 6.45) is -0.838. The van der Waals surface area contributed by atoms with Gasteiger partial charge in [0.05, 0.1) is 11.8 Å². The van der Waals surface area contributed by atoms with Crippen LogP contribution in [-0.4, -0.2) is 15.7 Å². The van der Waals surface area contributed by atoms with Gasteiger partial charge in [-0.05, 0) is 44.2 Å². The quantitative estimate of drug-likeness (QED) is 0.665. The minimum atomic E-state index is -4.43. The third-order valence-corrected chi connectivity index (χ3v) is 4.09. The molecule has 4 nitrogen and oxygen atoms in total. The first-order valence-electron chi connectivity index (χ1n) is 8.38. The molecule has 0 spiro atoms. The van der Waals surface area contributed by atoms with Gasteiger partial charge in [0.25, 0.3) is 5.91 Å². The number of hydrogen-bond acceptors (Lipinski definition) is 2. The van der Waals surface area contributed by atoms with Crippen molar-refractivity contribution < 1.29 is 18.0 Å². The van der Waals surface area contributed by atoms with Crippen molar-refractivity contribution in [3.8, 4) is 11.1 Å². The second-order valence-electron chi connectivity index (χ2n) is 6.38. The van der Waals surface area contributed by atoms with Crippen molar-refractivity contribution in [1.29, 1.82) is 0 Å². The lowest BCUT2D eigenvalue weighted by Crippen LogP contribution is -2.13. The zero-order chi connectivity index (χ0) is 19.6. The Kier molecular flexibility index (Phi) is 5.03. The first-order chi connectivity index (χ1) is 12.8. The summed E-state index contributed by atoms with van der Waals surface area (Å²) in [5.74, 6) is -0.479. The molecule has 0 radical (unpaired) electrons. The molecular weight excluding hydrogens is 355 g/mol. The SMILES string of the molecule is CC(C)n1cc(-c2ccccc2NC(=O)c2ccc(C(F)(F)F)cc2)cn1. The van der Waals surface area contributed by atoms with Gasteiger partial charge in [0.2, 0.25) is 0 Å². The highest BCUT2D eigenvalue weighted by Crippen LogP contribution is 2.30. The van der Waals surface area contributed by atoms with Gasteiger partial charge in [-0.1, -0.05) is 18.2 Å². The van der Waals surface area contributed by atoms with E-state index < -0.39 is 17.6 Å². The lowest BCUT2D eigenvalue weighted by molar-refractivity contribution is -0.137. The Bertz CT molecular complexity index is 944. The number of halogens is 3. The van der Waals surface area contributed by atoms with Crippen molar-refractivity contribution in [3.63, 3.8) is 0 Å². The number of nitrogens with one attached hydrogen (secondary N) is 1. The number of carbonyl (C=O) groups excluding carboxylic acids is 1. The summed E-state index contributed by atoms with van der Waals surface area (Å²) < 4.78 is 39.8. The Morgan fingerprint density at radius 1 is 1.07 bits per heavy atom. The minimum absolute atomic E-state index is 0.149. The second kappa shape index (κ2) is 7.26. The number of benzene rings is 2. The molecule has 0 saturated heterocycles. The van der Waals surface area contributed by atoms with Gasteiger partial charge in [0.15, 0.2) is 0 Å². The molecule has 3 aromatic rings. The van der Waals surface area contributed by atoms with Crippen LogP contribution in [-0.2, 0) is 6.18 Å². The van der Waals surface area contributed by atoms with Gasteiger partial charge in [-0.2, -0.15) is 18.3 Å². The van der Waals surface area contributed by atoms with Crippen LogP contribution in [0.1, 0.15) is 35.8 Å². The molecule has 0 fully saturated rings. The van der Waals surface area contributed by atoms with E-state index in [4.69, 9.17) is 0 Å². The summed E-state index contributed by atoms with van der Waals surface area (Å²) in [5, 5.41) is 7.07. The number of nitrogens with zero attached hydrogens (tertiary/aromatic N) is 2. The highest BCUT2D eigenvalue weighted by Gasteiger charge is 2.30. The lowest BCUT2D eigenvalue weighted by Gasteiger charge is -2.11. The van der Waals surface area contributed by atoms with Crippen LogP contribution in [0.15, 0.2) is 60.9 Å². The van der Waals surface area contributed by atoms with Crippen LogP contribution in [0.4, 0.5) is 18.9 Å². The molecule has 0 aliphatic carbocycles. The van der Waals surface area contributed by atoms with Crippen LogP contribution < -0.4 is 5.32 Å². The standard InChI is InChI=1S/C20H18F3N3O/c1-13(2)26-12-15(11-24-26)17-5-3-4-6-18(17)25-19(27)14-7-9-16(10-8-14)20(21,22)23/h3-13H,1-2H3,(H,25,27). The molecule has 0 bridgehead atoms. The van der Waals surface area contributed by atoms with E-state index in [-0.39, 0.29) is 11.6 Å². The van der Waals surface area contributed by atoms with Crippen molar-refractivity contribution in [1.82, 2.24) is 9.78 Å². The van der Waals surface area contributed by atoms with Gasteiger partial charge < -0.3 is 5.32 Å². The molecule has 0 aliphatic heterocycles. The number of amides is 1. The van der Waals surface area contributed by atoms with Gasteiger partial charge >= 0.3 is 6.18 Å². The third-order valence-electron chi connectivity index (χ3n) is 4.09. The fourth-order valence-electron chi connectivity index (χ4n) is 2.61. The number of alkyl halides is 3. The number of anilines is 1. The van der Waals surface area contributed by atoms with Crippen LogP contribution in [0.5, 0.6) is 0 Å². The zero-order valence-electron chi connectivity index (χ0n) is 14.8. The molecule has 7 heteroatoms. The van der Waals surface area contributed by atoms with E-state index in [0.29, 0.717) is 5.69 Å².